The Morgan fingerprint density at radius 3 is 2.28 bits per heavy atom. The van der Waals surface area contributed by atoms with Gasteiger partial charge in [0.1, 0.15) is 5.75 Å². The van der Waals surface area contributed by atoms with Crippen molar-refractivity contribution in [2.75, 3.05) is 7.11 Å². The Hall–Kier alpha value is -3.89. The Labute approximate surface area is 188 Å². The lowest BCUT2D eigenvalue weighted by atomic mass is 10.0. The number of methoxy groups -OCH3 is 1. The number of benzene rings is 4. The van der Waals surface area contributed by atoms with E-state index >= 15 is 0 Å². The zero-order valence-corrected chi connectivity index (χ0v) is 18.0. The highest BCUT2D eigenvalue weighted by atomic mass is 16.5. The van der Waals surface area contributed by atoms with Gasteiger partial charge in [-0.15, -0.1) is 0 Å². The average Bonchev–Trinajstić information content (AvgIpc) is 3.29. The molecule has 1 N–H and O–H groups in total. The molecule has 0 fully saturated rings. The summed E-state index contributed by atoms with van der Waals surface area (Å²) in [4.78, 5) is 0. The van der Waals surface area contributed by atoms with E-state index in [9.17, 15) is 0 Å². The highest BCUT2D eigenvalue weighted by Crippen LogP contribution is 2.29. The monoisotopic (exact) mass is 419 g/mol. The van der Waals surface area contributed by atoms with Crippen LogP contribution < -0.4 is 10.1 Å². The summed E-state index contributed by atoms with van der Waals surface area (Å²) in [5, 5.41) is 10.9. The quantitative estimate of drug-likeness (QED) is 0.352. The topological polar surface area (TPSA) is 39.1 Å². The molecule has 0 radical (unpaired) electrons. The molecule has 4 heteroatoms. The highest BCUT2D eigenvalue weighted by molar-refractivity contribution is 5.88. The van der Waals surface area contributed by atoms with E-state index in [1.807, 2.05) is 35.0 Å². The van der Waals surface area contributed by atoms with Crippen LogP contribution in [0.1, 0.15) is 11.1 Å². The third kappa shape index (κ3) is 4.27. The summed E-state index contributed by atoms with van der Waals surface area (Å²) in [6, 6.07) is 33.3. The summed E-state index contributed by atoms with van der Waals surface area (Å²) >= 11 is 0. The summed E-state index contributed by atoms with van der Waals surface area (Å²) in [5.74, 6) is 0.865. The van der Waals surface area contributed by atoms with Crippen LogP contribution in [0.25, 0.3) is 27.7 Å². The lowest BCUT2D eigenvalue weighted by Gasteiger charge is -2.07. The first-order valence-corrected chi connectivity index (χ1v) is 10.8. The smallest absolute Gasteiger partial charge is 0.119 e. The number of hydrogen-bond acceptors (Lipinski definition) is 3. The van der Waals surface area contributed by atoms with Crippen LogP contribution in [-0.4, -0.2) is 16.9 Å². The molecule has 5 rings (SSSR count). The summed E-state index contributed by atoms with van der Waals surface area (Å²) in [6.45, 7) is 1.55. The van der Waals surface area contributed by atoms with Crippen molar-refractivity contribution in [3.8, 4) is 22.7 Å². The van der Waals surface area contributed by atoms with Gasteiger partial charge in [-0.05, 0) is 46.7 Å². The van der Waals surface area contributed by atoms with Crippen LogP contribution in [0.4, 0.5) is 0 Å². The van der Waals surface area contributed by atoms with E-state index in [4.69, 9.17) is 9.84 Å². The summed E-state index contributed by atoms with van der Waals surface area (Å²) < 4.78 is 7.33. The third-order valence-electron chi connectivity index (χ3n) is 5.62. The van der Waals surface area contributed by atoms with Gasteiger partial charge in [0, 0.05) is 30.4 Å². The van der Waals surface area contributed by atoms with Crippen molar-refractivity contribution < 1.29 is 4.74 Å². The van der Waals surface area contributed by atoms with Gasteiger partial charge in [0.2, 0.25) is 0 Å². The van der Waals surface area contributed by atoms with Crippen LogP contribution in [0.2, 0.25) is 0 Å². The molecule has 5 aromatic rings. The summed E-state index contributed by atoms with van der Waals surface area (Å²) in [7, 11) is 1.69. The van der Waals surface area contributed by atoms with Crippen LogP contribution in [0.15, 0.2) is 103 Å². The molecule has 0 aliphatic carbocycles. The molecule has 0 amide bonds. The molecule has 0 unspecified atom stereocenters. The average molecular weight is 420 g/mol. The second kappa shape index (κ2) is 9.08. The first-order valence-electron chi connectivity index (χ1n) is 10.8. The van der Waals surface area contributed by atoms with Gasteiger partial charge in [0.25, 0.3) is 0 Å². The van der Waals surface area contributed by atoms with Crippen LogP contribution in [-0.2, 0) is 13.1 Å². The van der Waals surface area contributed by atoms with Gasteiger partial charge in [-0.3, -0.25) is 0 Å². The molecular formula is C28H25N3O. The van der Waals surface area contributed by atoms with Crippen LogP contribution >= 0.6 is 0 Å². The van der Waals surface area contributed by atoms with E-state index in [2.05, 4.69) is 78.2 Å². The number of para-hydroxylation sites is 1. The number of hydrogen-bond donors (Lipinski definition) is 1. The maximum Gasteiger partial charge on any atom is 0.119 e. The molecule has 0 aliphatic rings. The molecule has 0 atom stereocenters. The molecule has 158 valence electrons. The Morgan fingerprint density at radius 2 is 1.50 bits per heavy atom. The van der Waals surface area contributed by atoms with E-state index < -0.39 is 0 Å². The van der Waals surface area contributed by atoms with Gasteiger partial charge in [0.05, 0.1) is 18.5 Å². The fraction of sp³-hybridized carbons (Fsp3) is 0.107. The lowest BCUT2D eigenvalue weighted by molar-refractivity contribution is 0.415. The van der Waals surface area contributed by atoms with Crippen molar-refractivity contribution in [2.45, 2.75) is 13.1 Å². The normalized spacial score (nSPS) is 11.0. The molecule has 0 bridgehead atoms. The van der Waals surface area contributed by atoms with Gasteiger partial charge in [-0.25, -0.2) is 4.68 Å². The fourth-order valence-electron chi connectivity index (χ4n) is 3.93. The van der Waals surface area contributed by atoms with Crippen molar-refractivity contribution in [1.29, 1.82) is 0 Å². The maximum absolute atomic E-state index is 5.37. The third-order valence-corrected chi connectivity index (χ3v) is 5.62. The lowest BCUT2D eigenvalue weighted by Crippen LogP contribution is -2.12. The van der Waals surface area contributed by atoms with E-state index in [0.717, 1.165) is 46.7 Å². The van der Waals surface area contributed by atoms with E-state index in [-0.39, 0.29) is 0 Å². The van der Waals surface area contributed by atoms with E-state index in [1.165, 1.54) is 10.9 Å². The summed E-state index contributed by atoms with van der Waals surface area (Å²) in [6.07, 6.45) is 2.13. The van der Waals surface area contributed by atoms with Gasteiger partial charge < -0.3 is 10.1 Å². The van der Waals surface area contributed by atoms with Crippen molar-refractivity contribution in [1.82, 2.24) is 15.1 Å². The number of ether oxygens (including phenoxy) is 1. The molecular weight excluding hydrogens is 394 g/mol. The molecule has 4 aromatic carbocycles. The van der Waals surface area contributed by atoms with Crippen LogP contribution in [0.3, 0.4) is 0 Å². The van der Waals surface area contributed by atoms with Crippen molar-refractivity contribution >= 4 is 10.8 Å². The number of aromatic nitrogens is 2. The van der Waals surface area contributed by atoms with E-state index in [0.29, 0.717) is 0 Å². The largest absolute Gasteiger partial charge is 0.497 e. The molecule has 0 saturated heterocycles. The second-order valence-electron chi connectivity index (χ2n) is 7.80. The number of nitrogens with one attached hydrogen (secondary N) is 1. The Balaban J connectivity index is 1.49. The zero-order chi connectivity index (χ0) is 21.8. The Kier molecular flexibility index (Phi) is 5.69. The second-order valence-corrected chi connectivity index (χ2v) is 7.80. The molecule has 32 heavy (non-hydrogen) atoms. The molecule has 0 aliphatic heterocycles. The highest BCUT2D eigenvalue weighted by Gasteiger charge is 2.13. The number of rotatable bonds is 7. The molecule has 0 spiro atoms. The van der Waals surface area contributed by atoms with Crippen molar-refractivity contribution in [3.05, 3.63) is 114 Å². The number of nitrogens with zero attached hydrogens (tertiary/aromatic N) is 2. The molecule has 1 aromatic heterocycles. The van der Waals surface area contributed by atoms with Gasteiger partial charge in [0.15, 0.2) is 0 Å². The predicted octanol–water partition coefficient (Wildman–Crippen LogP) is 5.99. The molecule has 1 heterocycles. The van der Waals surface area contributed by atoms with E-state index in [1.54, 1.807) is 7.11 Å². The number of fused-ring (bicyclic) bond motifs is 1. The zero-order valence-electron chi connectivity index (χ0n) is 18.0. The standard InChI is InChI=1S/C28H25N3O/c1-32-27-15-14-22-16-24(13-12-23(22)17-27)28-25(19-29-18-21-8-4-2-5-9-21)20-31(30-28)26-10-6-3-7-11-26/h2-17,20,29H,18-19H2,1H3. The molecule has 4 nitrogen and oxygen atoms in total. The minimum absolute atomic E-state index is 0.734. The first-order chi connectivity index (χ1) is 15.8. The maximum atomic E-state index is 5.37. The van der Waals surface area contributed by atoms with Gasteiger partial charge in [-0.1, -0.05) is 66.7 Å². The van der Waals surface area contributed by atoms with Gasteiger partial charge in [-0.2, -0.15) is 5.10 Å². The Bertz CT molecular complexity index is 1330. The predicted molar refractivity (Wildman–Crippen MR) is 130 cm³/mol. The summed E-state index contributed by atoms with van der Waals surface area (Å²) in [5.41, 5.74) is 5.58. The molecule has 0 saturated carbocycles. The fourth-order valence-corrected chi connectivity index (χ4v) is 3.93. The first kappa shape index (κ1) is 20.0. The van der Waals surface area contributed by atoms with Gasteiger partial charge >= 0.3 is 0 Å². The van der Waals surface area contributed by atoms with Crippen LogP contribution in [0.5, 0.6) is 5.75 Å². The minimum atomic E-state index is 0.734. The van der Waals surface area contributed by atoms with Crippen LogP contribution in [0, 0.1) is 0 Å². The van der Waals surface area contributed by atoms with Crippen molar-refractivity contribution in [3.63, 3.8) is 0 Å². The van der Waals surface area contributed by atoms with Crippen molar-refractivity contribution in [2.24, 2.45) is 0 Å². The minimum Gasteiger partial charge on any atom is -0.497 e. The Morgan fingerprint density at radius 1 is 0.781 bits per heavy atom. The SMILES string of the molecule is COc1ccc2cc(-c3nn(-c4ccccc4)cc3CNCc3ccccc3)ccc2c1.